The predicted octanol–water partition coefficient (Wildman–Crippen LogP) is 1.61. The number of ether oxygens (including phenoxy) is 1. The molecule has 0 amide bonds. The van der Waals surface area contributed by atoms with Crippen LogP contribution in [0.2, 0.25) is 0 Å². The molecule has 5 nitrogen and oxygen atoms in total. The Morgan fingerprint density at radius 2 is 2.25 bits per heavy atom. The summed E-state index contributed by atoms with van der Waals surface area (Å²) in [6.07, 6.45) is 3.46. The van der Waals surface area contributed by atoms with Gasteiger partial charge in [-0.05, 0) is 6.42 Å². The van der Waals surface area contributed by atoms with E-state index < -0.39 is 5.54 Å². The summed E-state index contributed by atoms with van der Waals surface area (Å²) >= 11 is 0. The molecule has 1 aliphatic rings. The molecule has 3 atom stereocenters. The van der Waals surface area contributed by atoms with Crippen LogP contribution in [0.25, 0.3) is 0 Å². The second kappa shape index (κ2) is 5.59. The van der Waals surface area contributed by atoms with E-state index in [0.29, 0.717) is 13.0 Å². The summed E-state index contributed by atoms with van der Waals surface area (Å²) in [5, 5.41) is 20.3. The summed E-state index contributed by atoms with van der Waals surface area (Å²) < 4.78 is 5.48. The highest BCUT2D eigenvalue weighted by molar-refractivity contribution is 4.95. The summed E-state index contributed by atoms with van der Waals surface area (Å²) in [6.45, 7) is 3.81. The van der Waals surface area contributed by atoms with Gasteiger partial charge in [0.05, 0.1) is 19.1 Å². The minimum atomic E-state index is -1.12. The van der Waals surface area contributed by atoms with Crippen molar-refractivity contribution in [1.82, 2.24) is 0 Å². The van der Waals surface area contributed by atoms with Gasteiger partial charge in [-0.3, -0.25) is 10.1 Å². The van der Waals surface area contributed by atoms with Crippen LogP contribution in [0.1, 0.15) is 39.5 Å². The fraction of sp³-hybridized carbons (Fsp3) is 1.00. The van der Waals surface area contributed by atoms with Crippen LogP contribution in [0.5, 0.6) is 0 Å². The monoisotopic (exact) mass is 231 g/mol. The second-order valence-electron chi connectivity index (χ2n) is 4.68. The molecule has 0 saturated carbocycles. The lowest BCUT2D eigenvalue weighted by Gasteiger charge is -2.25. The Hall–Kier alpha value is -0.680. The molecule has 0 aliphatic carbocycles. The van der Waals surface area contributed by atoms with Gasteiger partial charge in [0.1, 0.15) is 6.10 Å². The molecule has 0 aromatic carbocycles. The van der Waals surface area contributed by atoms with Crippen LogP contribution < -0.4 is 0 Å². The van der Waals surface area contributed by atoms with E-state index in [1.807, 2.05) is 0 Å². The number of hydrogen-bond acceptors (Lipinski definition) is 4. The molecule has 1 aliphatic heterocycles. The third-order valence-electron chi connectivity index (χ3n) is 3.66. The molecular weight excluding hydrogens is 210 g/mol. The highest BCUT2D eigenvalue weighted by atomic mass is 16.6. The molecule has 0 radical (unpaired) electrons. The topological polar surface area (TPSA) is 72.6 Å². The van der Waals surface area contributed by atoms with Crippen LogP contribution in [-0.4, -0.2) is 34.9 Å². The maximum absolute atomic E-state index is 11.2. The number of aliphatic hydroxyl groups is 1. The van der Waals surface area contributed by atoms with Crippen LogP contribution in [0, 0.1) is 16.0 Å². The molecule has 1 heterocycles. The van der Waals surface area contributed by atoms with Crippen molar-refractivity contribution in [2.45, 2.75) is 51.2 Å². The first-order valence-corrected chi connectivity index (χ1v) is 5.94. The van der Waals surface area contributed by atoms with Crippen LogP contribution >= 0.6 is 0 Å². The molecule has 94 valence electrons. The highest BCUT2D eigenvalue weighted by Crippen LogP contribution is 2.36. The van der Waals surface area contributed by atoms with Crippen molar-refractivity contribution in [2.24, 2.45) is 5.92 Å². The largest absolute Gasteiger partial charge is 0.396 e. The predicted molar refractivity (Wildman–Crippen MR) is 59.9 cm³/mol. The third-order valence-corrected chi connectivity index (χ3v) is 3.66. The maximum Gasteiger partial charge on any atom is 0.252 e. The molecular formula is C11H21NO4. The van der Waals surface area contributed by atoms with Gasteiger partial charge in [-0.25, -0.2) is 0 Å². The molecule has 0 bridgehead atoms. The summed E-state index contributed by atoms with van der Waals surface area (Å²) in [5.41, 5.74) is -1.12. The Balaban J connectivity index is 2.66. The number of rotatable bonds is 6. The molecule has 1 saturated heterocycles. The van der Waals surface area contributed by atoms with Gasteiger partial charge in [-0.1, -0.05) is 26.2 Å². The maximum atomic E-state index is 11.2. The Morgan fingerprint density at radius 3 is 2.75 bits per heavy atom. The standard InChI is InChI=1S/C11H21NO4/c1-3-4-5-6-10-11(2,12(14)15)9(7-13)8-16-10/h9-10,13H,3-8H2,1-2H3/t9-,10-,11+/m1/s1. The molecule has 0 aromatic heterocycles. The zero-order chi connectivity index (χ0) is 12.2. The fourth-order valence-electron chi connectivity index (χ4n) is 2.29. The van der Waals surface area contributed by atoms with E-state index in [1.54, 1.807) is 6.92 Å². The number of aliphatic hydroxyl groups excluding tert-OH is 1. The fourth-order valence-corrected chi connectivity index (χ4v) is 2.29. The van der Waals surface area contributed by atoms with Gasteiger partial charge in [0.2, 0.25) is 0 Å². The molecule has 0 aromatic rings. The van der Waals surface area contributed by atoms with Crippen LogP contribution in [0.4, 0.5) is 0 Å². The Bertz CT molecular complexity index is 246. The third kappa shape index (κ3) is 2.35. The van der Waals surface area contributed by atoms with Crippen molar-refractivity contribution >= 4 is 0 Å². The Kier molecular flexibility index (Phi) is 4.68. The molecule has 16 heavy (non-hydrogen) atoms. The first-order valence-electron chi connectivity index (χ1n) is 5.94. The van der Waals surface area contributed by atoms with Gasteiger partial charge in [0, 0.05) is 11.8 Å². The SMILES string of the molecule is CCCCC[C@H]1OC[C@@H](CO)[C@]1(C)[N+](=O)[O-]. The minimum absolute atomic E-state index is 0.179. The lowest BCUT2D eigenvalue weighted by molar-refractivity contribution is -0.579. The number of nitro groups is 1. The lowest BCUT2D eigenvalue weighted by atomic mass is 9.83. The summed E-state index contributed by atoms with van der Waals surface area (Å²) in [4.78, 5) is 10.9. The van der Waals surface area contributed by atoms with Gasteiger partial charge >= 0.3 is 0 Å². The molecule has 1 N–H and O–H groups in total. The second-order valence-corrected chi connectivity index (χ2v) is 4.68. The normalized spacial score (nSPS) is 34.2. The van der Waals surface area contributed by atoms with Crippen LogP contribution in [0.15, 0.2) is 0 Å². The van der Waals surface area contributed by atoms with Crippen molar-refractivity contribution in [3.63, 3.8) is 0 Å². The number of nitrogens with zero attached hydrogens (tertiary/aromatic N) is 1. The average Bonchev–Trinajstić information content (AvgIpc) is 2.58. The van der Waals surface area contributed by atoms with E-state index in [4.69, 9.17) is 9.84 Å². The van der Waals surface area contributed by atoms with Gasteiger partial charge < -0.3 is 9.84 Å². The Labute approximate surface area is 95.9 Å². The number of hydrogen-bond donors (Lipinski definition) is 1. The highest BCUT2D eigenvalue weighted by Gasteiger charge is 2.57. The van der Waals surface area contributed by atoms with Gasteiger partial charge in [-0.2, -0.15) is 0 Å². The van der Waals surface area contributed by atoms with E-state index in [0.717, 1.165) is 19.3 Å². The van der Waals surface area contributed by atoms with Crippen molar-refractivity contribution in [1.29, 1.82) is 0 Å². The van der Waals surface area contributed by atoms with Crippen LogP contribution in [-0.2, 0) is 4.74 Å². The molecule has 1 rings (SSSR count). The first kappa shape index (κ1) is 13.4. The minimum Gasteiger partial charge on any atom is -0.396 e. The lowest BCUT2D eigenvalue weighted by Crippen LogP contribution is -2.49. The molecule has 1 fully saturated rings. The van der Waals surface area contributed by atoms with E-state index in [2.05, 4.69) is 6.92 Å². The zero-order valence-corrected chi connectivity index (χ0v) is 10.0. The van der Waals surface area contributed by atoms with Crippen molar-refractivity contribution in [3.8, 4) is 0 Å². The van der Waals surface area contributed by atoms with Gasteiger partial charge in [-0.15, -0.1) is 0 Å². The van der Waals surface area contributed by atoms with E-state index in [-0.39, 0.29) is 23.6 Å². The van der Waals surface area contributed by atoms with Crippen molar-refractivity contribution in [3.05, 3.63) is 10.1 Å². The van der Waals surface area contributed by atoms with Crippen LogP contribution in [0.3, 0.4) is 0 Å². The summed E-state index contributed by atoms with van der Waals surface area (Å²) in [6, 6.07) is 0. The molecule has 0 unspecified atom stereocenters. The zero-order valence-electron chi connectivity index (χ0n) is 10.0. The summed E-state index contributed by atoms with van der Waals surface area (Å²) in [5.74, 6) is -0.380. The van der Waals surface area contributed by atoms with Gasteiger partial charge in [0.25, 0.3) is 5.54 Å². The van der Waals surface area contributed by atoms with Crippen molar-refractivity contribution in [2.75, 3.05) is 13.2 Å². The quantitative estimate of drug-likeness (QED) is 0.428. The Morgan fingerprint density at radius 1 is 1.56 bits per heavy atom. The number of unbranched alkanes of at least 4 members (excludes halogenated alkanes) is 2. The van der Waals surface area contributed by atoms with Gasteiger partial charge in [0.15, 0.2) is 0 Å². The average molecular weight is 231 g/mol. The molecule has 5 heteroatoms. The first-order chi connectivity index (χ1) is 7.57. The van der Waals surface area contributed by atoms with E-state index in [1.165, 1.54) is 0 Å². The van der Waals surface area contributed by atoms with Crippen molar-refractivity contribution < 1.29 is 14.8 Å². The summed E-state index contributed by atoms with van der Waals surface area (Å²) in [7, 11) is 0. The smallest absolute Gasteiger partial charge is 0.252 e. The van der Waals surface area contributed by atoms with E-state index >= 15 is 0 Å². The van der Waals surface area contributed by atoms with E-state index in [9.17, 15) is 10.1 Å². The molecule has 0 spiro atoms.